The molecule has 1 aromatic rings. The van der Waals surface area contributed by atoms with Gasteiger partial charge in [0.2, 0.25) is 5.69 Å². The monoisotopic (exact) mass is 296 g/mol. The molecule has 1 N–H and O–H groups in total. The van der Waals surface area contributed by atoms with E-state index in [-0.39, 0.29) is 23.6 Å². The number of carboxylic acid groups (broad SMARTS) is 1. The van der Waals surface area contributed by atoms with Crippen molar-refractivity contribution >= 4 is 17.6 Å². The van der Waals surface area contributed by atoms with E-state index >= 15 is 0 Å². The summed E-state index contributed by atoms with van der Waals surface area (Å²) in [5.41, 5.74) is -0.405. The molecule has 1 atom stereocenters. The fraction of sp³-hybridized carbons (Fsp3) is 0.583. The molecule has 9 heteroatoms. The quantitative estimate of drug-likeness (QED) is 0.648. The summed E-state index contributed by atoms with van der Waals surface area (Å²) in [4.78, 5) is 35.5. The van der Waals surface area contributed by atoms with Crippen LogP contribution in [0, 0.1) is 17.0 Å². The molecule has 1 fully saturated rings. The number of piperidine rings is 1. The summed E-state index contributed by atoms with van der Waals surface area (Å²) in [6.45, 7) is 1.72. The van der Waals surface area contributed by atoms with Crippen molar-refractivity contribution in [3.63, 3.8) is 0 Å². The van der Waals surface area contributed by atoms with Crippen LogP contribution in [0.3, 0.4) is 0 Å². The maximum absolute atomic E-state index is 12.6. The number of rotatable bonds is 3. The van der Waals surface area contributed by atoms with E-state index in [1.165, 1.54) is 18.9 Å². The molecule has 0 aliphatic carbocycles. The fourth-order valence-corrected chi connectivity index (χ4v) is 2.67. The Kier molecular flexibility index (Phi) is 3.92. The highest BCUT2D eigenvalue weighted by atomic mass is 16.6. The molecular weight excluding hydrogens is 280 g/mol. The predicted octanol–water partition coefficient (Wildman–Crippen LogP) is 0.716. The summed E-state index contributed by atoms with van der Waals surface area (Å²) in [5, 5.41) is 24.2. The third-order valence-electron chi connectivity index (χ3n) is 3.62. The zero-order valence-corrected chi connectivity index (χ0v) is 11.8. The Hall–Kier alpha value is -2.45. The van der Waals surface area contributed by atoms with Crippen LogP contribution in [-0.4, -0.2) is 49.2 Å². The van der Waals surface area contributed by atoms with E-state index in [0.29, 0.717) is 19.3 Å². The van der Waals surface area contributed by atoms with E-state index in [0.717, 1.165) is 4.68 Å². The van der Waals surface area contributed by atoms with Crippen LogP contribution in [0.15, 0.2) is 0 Å². The first kappa shape index (κ1) is 14.9. The summed E-state index contributed by atoms with van der Waals surface area (Å²) in [5.74, 6) is -1.75. The molecule has 1 saturated heterocycles. The summed E-state index contributed by atoms with van der Waals surface area (Å²) in [7, 11) is 1.44. The molecule has 0 unspecified atom stereocenters. The molecule has 1 aromatic heterocycles. The highest BCUT2D eigenvalue weighted by Crippen LogP contribution is 2.27. The van der Waals surface area contributed by atoms with Crippen molar-refractivity contribution in [2.24, 2.45) is 7.05 Å². The summed E-state index contributed by atoms with van der Waals surface area (Å²) in [6, 6.07) is -0.943. The second-order valence-corrected chi connectivity index (χ2v) is 5.01. The Morgan fingerprint density at radius 1 is 1.43 bits per heavy atom. The SMILES string of the molecule is Cc1nn(C)c(C(=O)N2CCCC[C@@H]2C(=O)O)c1[N+](=O)[O-]. The van der Waals surface area contributed by atoms with Crippen LogP contribution in [0.5, 0.6) is 0 Å². The lowest BCUT2D eigenvalue weighted by molar-refractivity contribution is -0.385. The Balaban J connectivity index is 2.44. The number of carbonyl (C=O) groups is 2. The molecule has 1 aliphatic rings. The Labute approximate surface area is 120 Å². The summed E-state index contributed by atoms with van der Waals surface area (Å²) in [6.07, 6.45) is 1.75. The number of nitrogens with zero attached hydrogens (tertiary/aromatic N) is 4. The predicted molar refractivity (Wildman–Crippen MR) is 70.9 cm³/mol. The topological polar surface area (TPSA) is 119 Å². The number of carbonyl (C=O) groups excluding carboxylic acids is 1. The van der Waals surface area contributed by atoms with Crippen LogP contribution in [0.25, 0.3) is 0 Å². The third-order valence-corrected chi connectivity index (χ3v) is 3.62. The van der Waals surface area contributed by atoms with Gasteiger partial charge >= 0.3 is 11.7 Å². The molecule has 0 aromatic carbocycles. The minimum absolute atomic E-state index is 0.134. The van der Waals surface area contributed by atoms with Gasteiger partial charge in [-0.1, -0.05) is 0 Å². The highest BCUT2D eigenvalue weighted by molar-refractivity contribution is 5.99. The van der Waals surface area contributed by atoms with Crippen LogP contribution >= 0.6 is 0 Å². The molecule has 0 spiro atoms. The van der Waals surface area contributed by atoms with Crippen LogP contribution in [-0.2, 0) is 11.8 Å². The van der Waals surface area contributed by atoms with Crippen molar-refractivity contribution in [1.82, 2.24) is 14.7 Å². The molecule has 9 nitrogen and oxygen atoms in total. The van der Waals surface area contributed by atoms with E-state index in [9.17, 15) is 24.8 Å². The number of nitro groups is 1. The Bertz CT molecular complexity index is 609. The zero-order chi connectivity index (χ0) is 15.7. The third kappa shape index (κ3) is 2.58. The van der Waals surface area contributed by atoms with Crippen molar-refractivity contribution in [1.29, 1.82) is 0 Å². The Morgan fingerprint density at radius 2 is 2.10 bits per heavy atom. The van der Waals surface area contributed by atoms with Gasteiger partial charge < -0.3 is 10.0 Å². The molecule has 0 saturated carbocycles. The largest absolute Gasteiger partial charge is 0.480 e. The maximum atomic E-state index is 12.6. The minimum atomic E-state index is -1.09. The molecule has 2 rings (SSSR count). The lowest BCUT2D eigenvalue weighted by Crippen LogP contribution is -2.48. The van der Waals surface area contributed by atoms with Gasteiger partial charge in [0.05, 0.1) is 4.92 Å². The van der Waals surface area contributed by atoms with Crippen molar-refractivity contribution in [3.8, 4) is 0 Å². The summed E-state index contributed by atoms with van der Waals surface area (Å²) < 4.78 is 1.14. The van der Waals surface area contributed by atoms with Crippen molar-refractivity contribution in [2.75, 3.05) is 6.54 Å². The second-order valence-electron chi connectivity index (χ2n) is 5.01. The van der Waals surface area contributed by atoms with E-state index < -0.39 is 22.8 Å². The lowest BCUT2D eigenvalue weighted by Gasteiger charge is -2.32. The van der Waals surface area contributed by atoms with Crippen LogP contribution in [0.2, 0.25) is 0 Å². The molecule has 114 valence electrons. The number of carboxylic acids is 1. The number of aliphatic carboxylic acids is 1. The number of aryl methyl sites for hydroxylation is 2. The summed E-state index contributed by atoms with van der Waals surface area (Å²) >= 11 is 0. The number of hydrogen-bond acceptors (Lipinski definition) is 5. The average Bonchev–Trinajstić information content (AvgIpc) is 2.72. The van der Waals surface area contributed by atoms with Gasteiger partial charge in [-0.3, -0.25) is 19.6 Å². The smallest absolute Gasteiger partial charge is 0.326 e. The maximum Gasteiger partial charge on any atom is 0.326 e. The van der Waals surface area contributed by atoms with Gasteiger partial charge in [0.1, 0.15) is 11.7 Å². The molecule has 0 radical (unpaired) electrons. The first-order valence-electron chi connectivity index (χ1n) is 6.56. The van der Waals surface area contributed by atoms with Gasteiger partial charge in [0, 0.05) is 13.6 Å². The molecule has 1 amide bonds. The van der Waals surface area contributed by atoms with Crippen molar-refractivity contribution in [3.05, 3.63) is 21.5 Å². The molecule has 1 aliphatic heterocycles. The fourth-order valence-electron chi connectivity index (χ4n) is 2.67. The van der Waals surface area contributed by atoms with Crippen molar-refractivity contribution < 1.29 is 19.6 Å². The van der Waals surface area contributed by atoms with Crippen molar-refractivity contribution in [2.45, 2.75) is 32.2 Å². The highest BCUT2D eigenvalue weighted by Gasteiger charge is 2.38. The number of hydrogen-bond donors (Lipinski definition) is 1. The van der Waals surface area contributed by atoms with E-state index in [1.54, 1.807) is 0 Å². The van der Waals surface area contributed by atoms with Gasteiger partial charge in [-0.2, -0.15) is 5.10 Å². The molecule has 2 heterocycles. The number of amides is 1. The minimum Gasteiger partial charge on any atom is -0.480 e. The van der Waals surface area contributed by atoms with Gasteiger partial charge in [-0.15, -0.1) is 0 Å². The van der Waals surface area contributed by atoms with Gasteiger partial charge in [-0.05, 0) is 26.2 Å². The van der Waals surface area contributed by atoms with E-state index in [2.05, 4.69) is 5.10 Å². The van der Waals surface area contributed by atoms with Gasteiger partial charge in [-0.25, -0.2) is 4.79 Å². The standard InChI is InChI=1S/C12H16N4O5/c1-7-9(16(20)21)10(14(2)13-7)11(17)15-6-4-3-5-8(15)12(18)19/h8H,3-6H2,1-2H3,(H,18,19)/t8-/m1/s1. The number of aromatic nitrogens is 2. The first-order chi connectivity index (χ1) is 9.84. The molecule has 21 heavy (non-hydrogen) atoms. The molecular formula is C12H16N4O5. The van der Waals surface area contributed by atoms with Gasteiger partial charge in [0.15, 0.2) is 0 Å². The average molecular weight is 296 g/mol. The Morgan fingerprint density at radius 3 is 2.67 bits per heavy atom. The lowest BCUT2D eigenvalue weighted by atomic mass is 10.0. The van der Waals surface area contributed by atoms with E-state index in [4.69, 9.17) is 0 Å². The normalized spacial score (nSPS) is 18.6. The first-order valence-corrected chi connectivity index (χ1v) is 6.56. The van der Waals surface area contributed by atoms with E-state index in [1.807, 2.05) is 0 Å². The molecule has 0 bridgehead atoms. The van der Waals surface area contributed by atoms with Crippen LogP contribution < -0.4 is 0 Å². The second kappa shape index (κ2) is 5.51. The van der Waals surface area contributed by atoms with Crippen LogP contribution in [0.1, 0.15) is 35.4 Å². The van der Waals surface area contributed by atoms with Crippen LogP contribution in [0.4, 0.5) is 5.69 Å². The van der Waals surface area contributed by atoms with Gasteiger partial charge in [0.25, 0.3) is 5.91 Å². The zero-order valence-electron chi connectivity index (χ0n) is 11.8. The number of likely N-dealkylation sites (tertiary alicyclic amines) is 1.